The lowest BCUT2D eigenvalue weighted by Crippen LogP contribution is -2.69. The van der Waals surface area contributed by atoms with Gasteiger partial charge in [0.2, 0.25) is 0 Å². The molecule has 0 aliphatic heterocycles. The van der Waals surface area contributed by atoms with E-state index in [1.165, 1.54) is 14.0 Å². The summed E-state index contributed by atoms with van der Waals surface area (Å²) >= 11 is 0. The zero-order chi connectivity index (χ0) is 20.9. The number of unbranched alkanes of at least 4 members (excludes halogenated alkanes) is 1. The maximum absolute atomic E-state index is 12.1. The van der Waals surface area contributed by atoms with E-state index in [4.69, 9.17) is 4.74 Å². The van der Waals surface area contributed by atoms with Crippen molar-refractivity contribution in [2.75, 3.05) is 13.7 Å². The Kier molecular flexibility index (Phi) is 10.6. The number of aliphatic hydroxyl groups excluding tert-OH is 1. The minimum absolute atomic E-state index is 0.207. The first-order chi connectivity index (χ1) is 13.3. The fourth-order valence-electron chi connectivity index (χ4n) is 2.39. The van der Waals surface area contributed by atoms with Gasteiger partial charge < -0.3 is 30.9 Å². The summed E-state index contributed by atoms with van der Waals surface area (Å²) in [5, 5.41) is 14.7. The van der Waals surface area contributed by atoms with Crippen LogP contribution in [0.25, 0.3) is 0 Å². The molecule has 0 saturated carbocycles. The molecule has 0 saturated heterocycles. The average molecular weight is 396 g/mol. The molecule has 0 aliphatic carbocycles. The van der Waals surface area contributed by atoms with E-state index in [-0.39, 0.29) is 6.61 Å². The Morgan fingerprint density at radius 2 is 1.86 bits per heavy atom. The zero-order valence-corrected chi connectivity index (χ0v) is 16.3. The molecule has 2 amide bonds. The summed E-state index contributed by atoms with van der Waals surface area (Å²) in [6, 6.07) is 7.66. The van der Waals surface area contributed by atoms with Crippen LogP contribution in [0.1, 0.15) is 31.7 Å². The number of hydrogen-bond acceptors (Lipinski definition) is 6. The van der Waals surface area contributed by atoms with Gasteiger partial charge in [-0.3, -0.25) is 4.79 Å². The predicted molar refractivity (Wildman–Crippen MR) is 101 cm³/mol. The van der Waals surface area contributed by atoms with E-state index in [2.05, 4.69) is 21.1 Å². The third kappa shape index (κ3) is 8.83. The quantitative estimate of drug-likeness (QED) is 0.300. The Bertz CT molecular complexity index is 623. The van der Waals surface area contributed by atoms with Gasteiger partial charge in [0.15, 0.2) is 12.1 Å². The molecular weight excluding hydrogens is 366 g/mol. The molecule has 156 valence electrons. The van der Waals surface area contributed by atoms with Gasteiger partial charge in [0.25, 0.3) is 5.91 Å². The molecule has 0 radical (unpaired) electrons. The molecule has 1 rings (SSSR count). The van der Waals surface area contributed by atoms with Gasteiger partial charge in [0.1, 0.15) is 6.61 Å². The first-order valence-corrected chi connectivity index (χ1v) is 9.19. The van der Waals surface area contributed by atoms with E-state index < -0.39 is 36.2 Å². The van der Waals surface area contributed by atoms with Crippen LogP contribution in [0.15, 0.2) is 30.3 Å². The number of rotatable bonds is 11. The molecule has 0 aromatic heterocycles. The Balaban J connectivity index is 2.19. The molecule has 0 heterocycles. The maximum Gasteiger partial charge on any atom is 0.407 e. The summed E-state index contributed by atoms with van der Waals surface area (Å²) in [7, 11) is 1.18. The van der Waals surface area contributed by atoms with Gasteiger partial charge in [-0.1, -0.05) is 30.3 Å². The van der Waals surface area contributed by atoms with Crippen LogP contribution < -0.4 is 16.4 Å². The Morgan fingerprint density at radius 1 is 1.18 bits per heavy atom. The SMILES string of the molecule is COC(=O)[C@H](NC(=O)[C@H]([NH3+])CCCCNC(=O)OCc1ccccc1)[C@H](C)O. The summed E-state index contributed by atoms with van der Waals surface area (Å²) in [4.78, 5) is 35.3. The first-order valence-electron chi connectivity index (χ1n) is 9.19. The lowest BCUT2D eigenvalue weighted by atomic mass is 10.1. The molecule has 0 unspecified atom stereocenters. The second kappa shape index (κ2) is 12.7. The number of methoxy groups -OCH3 is 1. The molecule has 6 N–H and O–H groups in total. The number of carbonyl (C=O) groups is 3. The molecule has 0 aliphatic rings. The van der Waals surface area contributed by atoms with Crippen LogP contribution in [0, 0.1) is 0 Å². The maximum atomic E-state index is 12.1. The van der Waals surface area contributed by atoms with Gasteiger partial charge in [-0.2, -0.15) is 0 Å². The Morgan fingerprint density at radius 3 is 2.46 bits per heavy atom. The monoisotopic (exact) mass is 396 g/mol. The molecule has 28 heavy (non-hydrogen) atoms. The zero-order valence-electron chi connectivity index (χ0n) is 16.3. The second-order valence-corrected chi connectivity index (χ2v) is 6.43. The lowest BCUT2D eigenvalue weighted by molar-refractivity contribution is -0.405. The van der Waals surface area contributed by atoms with Gasteiger partial charge in [-0.05, 0) is 25.3 Å². The van der Waals surface area contributed by atoms with Crippen LogP contribution in [-0.4, -0.2) is 54.9 Å². The van der Waals surface area contributed by atoms with Crippen LogP contribution >= 0.6 is 0 Å². The molecule has 9 nitrogen and oxygen atoms in total. The number of hydrogen-bond donors (Lipinski definition) is 4. The third-order valence-corrected chi connectivity index (χ3v) is 4.07. The van der Waals surface area contributed by atoms with Crippen molar-refractivity contribution in [3.05, 3.63) is 35.9 Å². The van der Waals surface area contributed by atoms with E-state index >= 15 is 0 Å². The van der Waals surface area contributed by atoms with Crippen molar-refractivity contribution in [1.29, 1.82) is 0 Å². The van der Waals surface area contributed by atoms with Gasteiger partial charge in [0, 0.05) is 13.0 Å². The highest BCUT2D eigenvalue weighted by Crippen LogP contribution is 2.02. The van der Waals surface area contributed by atoms with Crippen molar-refractivity contribution in [1.82, 2.24) is 10.6 Å². The molecular formula is C19H30N3O6+. The summed E-state index contributed by atoms with van der Waals surface area (Å²) < 4.78 is 9.65. The largest absolute Gasteiger partial charge is 0.467 e. The number of amides is 2. The van der Waals surface area contributed by atoms with Gasteiger partial charge in [-0.25, -0.2) is 9.59 Å². The molecule has 3 atom stereocenters. The molecule has 0 bridgehead atoms. The van der Waals surface area contributed by atoms with Crippen LogP contribution in [-0.2, 0) is 25.7 Å². The smallest absolute Gasteiger partial charge is 0.407 e. The minimum atomic E-state index is -1.12. The van der Waals surface area contributed by atoms with Crippen LogP contribution in [0.3, 0.4) is 0 Å². The summed E-state index contributed by atoms with van der Waals surface area (Å²) in [5.74, 6) is -1.15. The van der Waals surface area contributed by atoms with Crippen LogP contribution in [0.2, 0.25) is 0 Å². The van der Waals surface area contributed by atoms with E-state index in [0.717, 1.165) is 5.56 Å². The lowest BCUT2D eigenvalue weighted by Gasteiger charge is -2.20. The number of nitrogens with one attached hydrogen (secondary N) is 2. The molecule has 1 aromatic rings. The van der Waals surface area contributed by atoms with Crippen molar-refractivity contribution < 1.29 is 34.7 Å². The number of carbonyl (C=O) groups excluding carboxylic acids is 3. The summed E-state index contributed by atoms with van der Waals surface area (Å²) in [5.41, 5.74) is 4.68. The highest BCUT2D eigenvalue weighted by Gasteiger charge is 2.29. The average Bonchev–Trinajstić information content (AvgIpc) is 2.69. The number of quaternary nitrogens is 1. The van der Waals surface area contributed by atoms with Crippen molar-refractivity contribution in [3.8, 4) is 0 Å². The number of benzene rings is 1. The number of aliphatic hydroxyl groups is 1. The van der Waals surface area contributed by atoms with Gasteiger partial charge in [-0.15, -0.1) is 0 Å². The fourth-order valence-corrected chi connectivity index (χ4v) is 2.39. The highest BCUT2D eigenvalue weighted by molar-refractivity contribution is 5.86. The van der Waals surface area contributed by atoms with Crippen molar-refractivity contribution >= 4 is 18.0 Å². The van der Waals surface area contributed by atoms with Crippen molar-refractivity contribution in [3.63, 3.8) is 0 Å². The van der Waals surface area contributed by atoms with Gasteiger partial charge in [0.05, 0.1) is 13.2 Å². The molecule has 0 spiro atoms. The predicted octanol–water partition coefficient (Wildman–Crippen LogP) is -0.268. The third-order valence-electron chi connectivity index (χ3n) is 4.07. The van der Waals surface area contributed by atoms with Gasteiger partial charge >= 0.3 is 12.1 Å². The number of alkyl carbamates (subject to hydrolysis) is 1. The standard InChI is InChI=1S/C19H29N3O6/c1-13(23)16(18(25)27-2)22-17(24)15(20)10-6-7-11-21-19(26)28-12-14-8-4-3-5-9-14/h3-5,8-9,13,15-16,23H,6-7,10-12,20H2,1-2H3,(H,21,26)(H,22,24)/p+1/t13-,15+,16+/m0/s1. The second-order valence-electron chi connectivity index (χ2n) is 6.43. The Labute approximate surface area is 164 Å². The minimum Gasteiger partial charge on any atom is -0.467 e. The van der Waals surface area contributed by atoms with Crippen molar-refractivity contribution in [2.45, 2.75) is 51.0 Å². The van der Waals surface area contributed by atoms with E-state index in [9.17, 15) is 19.5 Å². The van der Waals surface area contributed by atoms with E-state index in [1.54, 1.807) is 0 Å². The molecule has 0 fully saturated rings. The molecule has 1 aromatic carbocycles. The first kappa shape index (κ1) is 23.4. The normalized spacial score (nSPS) is 13.7. The highest BCUT2D eigenvalue weighted by atomic mass is 16.5. The van der Waals surface area contributed by atoms with Crippen LogP contribution in [0.5, 0.6) is 0 Å². The topological polar surface area (TPSA) is 142 Å². The van der Waals surface area contributed by atoms with Crippen molar-refractivity contribution in [2.24, 2.45) is 0 Å². The summed E-state index contributed by atoms with van der Waals surface area (Å²) in [6.07, 6.45) is 0.204. The fraction of sp³-hybridized carbons (Fsp3) is 0.526. The number of ether oxygens (including phenoxy) is 2. The van der Waals surface area contributed by atoms with E-state index in [1.807, 2.05) is 30.3 Å². The van der Waals surface area contributed by atoms with E-state index in [0.29, 0.717) is 25.8 Å². The summed E-state index contributed by atoms with van der Waals surface area (Å²) in [6.45, 7) is 2.02. The molecule has 9 heteroatoms. The Hall–Kier alpha value is -2.65. The number of esters is 1. The van der Waals surface area contributed by atoms with Crippen LogP contribution in [0.4, 0.5) is 4.79 Å².